The minimum atomic E-state index is 0.428. The topological polar surface area (TPSA) is 6.48 Å². The molecule has 4 rings (SSSR count). The first-order valence-corrected chi connectivity index (χ1v) is 12.3. The summed E-state index contributed by atoms with van der Waals surface area (Å²) in [5.41, 5.74) is 8.41. The van der Waals surface area contributed by atoms with Crippen LogP contribution >= 0.6 is 11.9 Å². The number of hydrogen-bond acceptors (Lipinski definition) is 3. The highest BCUT2D eigenvalue weighted by atomic mass is 32.2. The Morgan fingerprint density at radius 2 is 1.36 bits per heavy atom. The lowest BCUT2D eigenvalue weighted by molar-refractivity contribution is 0.103. The molecule has 1 aromatic rings. The molecular weight excluding hydrogens is 360 g/mol. The van der Waals surface area contributed by atoms with Gasteiger partial charge in [0, 0.05) is 24.0 Å². The summed E-state index contributed by atoms with van der Waals surface area (Å²) < 4.78 is 2.66. The van der Waals surface area contributed by atoms with Gasteiger partial charge in [0.2, 0.25) is 0 Å². The zero-order valence-corrected chi connectivity index (χ0v) is 19.8. The molecule has 1 aliphatic carbocycles. The first kappa shape index (κ1) is 20.8. The van der Waals surface area contributed by atoms with Crippen LogP contribution in [0.25, 0.3) is 0 Å². The van der Waals surface area contributed by atoms with Crippen LogP contribution in [-0.4, -0.2) is 41.4 Å². The van der Waals surface area contributed by atoms with Crippen molar-refractivity contribution in [1.29, 1.82) is 0 Å². The molecule has 2 fully saturated rings. The molecule has 2 nitrogen and oxygen atoms in total. The van der Waals surface area contributed by atoms with Crippen LogP contribution in [0.15, 0.2) is 4.90 Å². The third kappa shape index (κ3) is 4.04. The van der Waals surface area contributed by atoms with Crippen molar-refractivity contribution in [1.82, 2.24) is 9.21 Å². The Hall–Kier alpha value is -0.510. The zero-order valence-electron chi connectivity index (χ0n) is 19.0. The van der Waals surface area contributed by atoms with Gasteiger partial charge >= 0.3 is 0 Å². The standard InChI is InChI=1S/C25H40N2S/c1-17-7-11-26(12-8-17)21-9-13-27(14-10-21)28-24-19(3)18(2)22-15-25(5,6)16-23(22)20(24)4/h17,21H,7-16H2,1-6H3. The first-order chi connectivity index (χ1) is 13.2. The minimum Gasteiger partial charge on any atom is -0.300 e. The molecule has 2 aliphatic heterocycles. The lowest BCUT2D eigenvalue weighted by atomic mass is 9.90. The van der Waals surface area contributed by atoms with Crippen LogP contribution in [0.1, 0.15) is 74.3 Å². The molecule has 0 atom stereocenters. The van der Waals surface area contributed by atoms with E-state index in [9.17, 15) is 0 Å². The summed E-state index contributed by atoms with van der Waals surface area (Å²) in [6.07, 6.45) is 7.99. The largest absolute Gasteiger partial charge is 0.300 e. The Bertz CT molecular complexity index is 723. The Morgan fingerprint density at radius 3 is 1.96 bits per heavy atom. The third-order valence-corrected chi connectivity index (χ3v) is 9.22. The molecule has 28 heavy (non-hydrogen) atoms. The predicted octanol–water partition coefficient (Wildman–Crippen LogP) is 5.94. The van der Waals surface area contributed by atoms with E-state index in [1.165, 1.54) is 70.3 Å². The van der Waals surface area contributed by atoms with E-state index in [-0.39, 0.29) is 0 Å². The van der Waals surface area contributed by atoms with E-state index < -0.39 is 0 Å². The van der Waals surface area contributed by atoms with Gasteiger partial charge in [-0.25, -0.2) is 4.31 Å². The Labute approximate surface area is 177 Å². The van der Waals surface area contributed by atoms with Crippen molar-refractivity contribution in [3.63, 3.8) is 0 Å². The molecule has 0 unspecified atom stereocenters. The average molecular weight is 401 g/mol. The molecule has 2 heterocycles. The molecule has 156 valence electrons. The molecule has 0 spiro atoms. The molecule has 3 heteroatoms. The van der Waals surface area contributed by atoms with E-state index in [1.807, 2.05) is 0 Å². The first-order valence-electron chi connectivity index (χ1n) is 11.5. The van der Waals surface area contributed by atoms with Gasteiger partial charge in [0.1, 0.15) is 0 Å². The van der Waals surface area contributed by atoms with Crippen molar-refractivity contribution in [2.24, 2.45) is 11.3 Å². The second-order valence-electron chi connectivity index (χ2n) is 10.6. The normalized spacial score (nSPS) is 24.6. The number of benzene rings is 1. The summed E-state index contributed by atoms with van der Waals surface area (Å²) in [5, 5.41) is 0. The van der Waals surface area contributed by atoms with Crippen molar-refractivity contribution in [2.45, 2.75) is 91.0 Å². The fraction of sp³-hybridized carbons (Fsp3) is 0.760. The van der Waals surface area contributed by atoms with Crippen molar-refractivity contribution in [3.05, 3.63) is 27.8 Å². The van der Waals surface area contributed by atoms with E-state index in [2.05, 4.69) is 62.7 Å². The maximum Gasteiger partial charge on any atom is 0.0294 e. The van der Waals surface area contributed by atoms with Crippen molar-refractivity contribution >= 4 is 11.9 Å². The van der Waals surface area contributed by atoms with Crippen LogP contribution in [0.5, 0.6) is 0 Å². The molecule has 0 aromatic heterocycles. The molecule has 2 saturated heterocycles. The van der Waals surface area contributed by atoms with Gasteiger partial charge in [-0.1, -0.05) is 20.8 Å². The van der Waals surface area contributed by atoms with Crippen molar-refractivity contribution in [2.75, 3.05) is 26.2 Å². The van der Waals surface area contributed by atoms with Gasteiger partial charge < -0.3 is 4.90 Å². The summed E-state index contributed by atoms with van der Waals surface area (Å²) >= 11 is 2.06. The van der Waals surface area contributed by atoms with Crippen LogP contribution in [0.2, 0.25) is 0 Å². The van der Waals surface area contributed by atoms with Crippen LogP contribution in [0, 0.1) is 32.1 Å². The van der Waals surface area contributed by atoms with Crippen molar-refractivity contribution < 1.29 is 0 Å². The molecule has 0 N–H and O–H groups in total. The van der Waals surface area contributed by atoms with Gasteiger partial charge in [0.15, 0.2) is 0 Å². The molecule has 0 saturated carbocycles. The summed E-state index contributed by atoms with van der Waals surface area (Å²) in [4.78, 5) is 4.35. The third-order valence-electron chi connectivity index (χ3n) is 7.80. The predicted molar refractivity (Wildman–Crippen MR) is 122 cm³/mol. The molecule has 3 aliphatic rings. The minimum absolute atomic E-state index is 0.428. The molecule has 0 radical (unpaired) electrons. The van der Waals surface area contributed by atoms with Gasteiger partial charge in [-0.15, -0.1) is 0 Å². The Morgan fingerprint density at radius 1 is 0.786 bits per heavy atom. The zero-order chi connectivity index (χ0) is 20.1. The average Bonchev–Trinajstić information content (AvgIpc) is 3.01. The smallest absolute Gasteiger partial charge is 0.0294 e. The number of fused-ring (bicyclic) bond motifs is 1. The molecular formula is C25H40N2S. The van der Waals surface area contributed by atoms with Crippen LogP contribution < -0.4 is 0 Å². The quantitative estimate of drug-likeness (QED) is 0.580. The fourth-order valence-electron chi connectivity index (χ4n) is 5.72. The van der Waals surface area contributed by atoms with Gasteiger partial charge in [0.25, 0.3) is 0 Å². The van der Waals surface area contributed by atoms with E-state index in [0.717, 1.165) is 12.0 Å². The van der Waals surface area contributed by atoms with E-state index in [4.69, 9.17) is 0 Å². The second kappa shape index (κ2) is 7.96. The SMILES string of the molecule is Cc1c(C)c(SN2CCC(N3CCC(C)CC3)CC2)c(C)c2c1CC(C)(C)C2. The van der Waals surface area contributed by atoms with Crippen LogP contribution in [0.3, 0.4) is 0 Å². The molecule has 0 bridgehead atoms. The number of piperidine rings is 2. The lowest BCUT2D eigenvalue weighted by Gasteiger charge is -2.41. The highest BCUT2D eigenvalue weighted by Gasteiger charge is 2.33. The maximum atomic E-state index is 2.79. The molecule has 1 aromatic carbocycles. The molecule has 0 amide bonds. The number of nitrogens with zero attached hydrogens (tertiary/aromatic N) is 2. The van der Waals surface area contributed by atoms with Gasteiger partial charge in [0.05, 0.1) is 0 Å². The monoisotopic (exact) mass is 400 g/mol. The summed E-state index contributed by atoms with van der Waals surface area (Å²) in [7, 11) is 0. The van der Waals surface area contributed by atoms with Gasteiger partial charge in [-0.3, -0.25) is 0 Å². The highest BCUT2D eigenvalue weighted by Crippen LogP contribution is 2.45. The van der Waals surface area contributed by atoms with E-state index in [0.29, 0.717) is 5.41 Å². The maximum absolute atomic E-state index is 2.79. The number of hydrogen-bond donors (Lipinski definition) is 0. The Balaban J connectivity index is 1.43. The Kier molecular flexibility index (Phi) is 5.90. The summed E-state index contributed by atoms with van der Waals surface area (Å²) in [6, 6.07) is 0.828. The fourth-order valence-corrected chi connectivity index (χ4v) is 6.93. The second-order valence-corrected chi connectivity index (χ2v) is 11.8. The van der Waals surface area contributed by atoms with Gasteiger partial charge in [-0.05, 0) is 123 Å². The van der Waals surface area contributed by atoms with Gasteiger partial charge in [-0.2, -0.15) is 0 Å². The van der Waals surface area contributed by atoms with Crippen molar-refractivity contribution in [3.8, 4) is 0 Å². The highest BCUT2D eigenvalue weighted by molar-refractivity contribution is 7.97. The summed E-state index contributed by atoms with van der Waals surface area (Å²) in [5.74, 6) is 0.936. The summed E-state index contributed by atoms with van der Waals surface area (Å²) in [6.45, 7) is 19.5. The van der Waals surface area contributed by atoms with E-state index in [1.54, 1.807) is 27.1 Å². The number of likely N-dealkylation sites (tertiary alicyclic amines) is 1. The number of rotatable bonds is 3. The van der Waals surface area contributed by atoms with Crippen LogP contribution in [-0.2, 0) is 12.8 Å². The lowest BCUT2D eigenvalue weighted by Crippen LogP contribution is -2.46. The van der Waals surface area contributed by atoms with Crippen LogP contribution in [0.4, 0.5) is 0 Å². The van der Waals surface area contributed by atoms with E-state index >= 15 is 0 Å².